The highest BCUT2D eigenvalue weighted by atomic mass is 16.1. The molecule has 2 aliphatic rings. The van der Waals surface area contributed by atoms with Gasteiger partial charge in [-0.1, -0.05) is 26.7 Å². The third-order valence-electron chi connectivity index (χ3n) is 4.41. The molecule has 2 fully saturated rings. The first-order valence-corrected chi connectivity index (χ1v) is 5.63. The van der Waals surface area contributed by atoms with Gasteiger partial charge in [0.1, 0.15) is 5.78 Å². The number of hydrogen-bond acceptors (Lipinski definition) is 1. The minimum atomic E-state index is 0.506. The van der Waals surface area contributed by atoms with Crippen LogP contribution in [0.2, 0.25) is 0 Å². The first kappa shape index (κ1) is 9.23. The van der Waals surface area contributed by atoms with Crippen LogP contribution in [-0.2, 0) is 4.79 Å². The maximum absolute atomic E-state index is 11.4. The number of carbonyl (C=O) groups is 1. The molecule has 0 unspecified atom stereocenters. The quantitative estimate of drug-likeness (QED) is 0.559. The van der Waals surface area contributed by atoms with Crippen LogP contribution in [0.5, 0.6) is 0 Å². The molecule has 1 heteroatoms. The van der Waals surface area contributed by atoms with E-state index in [1.54, 1.807) is 0 Å². The van der Waals surface area contributed by atoms with Gasteiger partial charge in [0.25, 0.3) is 0 Å². The Balaban J connectivity index is 2.17. The summed E-state index contributed by atoms with van der Waals surface area (Å²) in [7, 11) is 0. The van der Waals surface area contributed by atoms with Gasteiger partial charge in [0.2, 0.25) is 0 Å². The molecule has 0 spiro atoms. The van der Waals surface area contributed by atoms with Crippen molar-refractivity contribution in [3.05, 3.63) is 0 Å². The van der Waals surface area contributed by atoms with E-state index in [4.69, 9.17) is 0 Å². The van der Waals surface area contributed by atoms with E-state index in [2.05, 4.69) is 13.8 Å². The molecular weight excluding hydrogens is 160 g/mol. The summed E-state index contributed by atoms with van der Waals surface area (Å²) < 4.78 is 0. The van der Waals surface area contributed by atoms with Crippen molar-refractivity contribution in [2.45, 2.75) is 52.4 Å². The number of ketones is 1. The molecule has 0 bridgehead atoms. The maximum atomic E-state index is 11.4. The van der Waals surface area contributed by atoms with Crippen molar-refractivity contribution < 1.29 is 4.79 Å². The Labute approximate surface area is 80.9 Å². The first-order chi connectivity index (χ1) is 6.12. The minimum Gasteiger partial charge on any atom is -0.300 e. The smallest absolute Gasteiger partial charge is 0.133 e. The van der Waals surface area contributed by atoms with Gasteiger partial charge in [0, 0.05) is 12.8 Å². The van der Waals surface area contributed by atoms with Crippen molar-refractivity contribution in [3.63, 3.8) is 0 Å². The maximum Gasteiger partial charge on any atom is 0.133 e. The van der Waals surface area contributed by atoms with Crippen molar-refractivity contribution in [2.75, 3.05) is 0 Å². The van der Waals surface area contributed by atoms with Crippen LogP contribution >= 0.6 is 0 Å². The van der Waals surface area contributed by atoms with E-state index < -0.39 is 0 Å². The highest BCUT2D eigenvalue weighted by molar-refractivity contribution is 5.79. The Morgan fingerprint density at radius 1 is 1.38 bits per heavy atom. The molecule has 0 amide bonds. The zero-order valence-corrected chi connectivity index (χ0v) is 8.81. The zero-order chi connectivity index (χ0) is 9.47. The fraction of sp³-hybridized carbons (Fsp3) is 0.917. The molecule has 0 aromatic carbocycles. The van der Waals surface area contributed by atoms with Gasteiger partial charge in [0.15, 0.2) is 0 Å². The van der Waals surface area contributed by atoms with E-state index in [1.807, 2.05) is 0 Å². The van der Waals surface area contributed by atoms with E-state index in [1.165, 1.54) is 19.3 Å². The summed E-state index contributed by atoms with van der Waals surface area (Å²) in [4.78, 5) is 11.4. The third-order valence-corrected chi connectivity index (χ3v) is 4.41. The average Bonchev–Trinajstić information content (AvgIpc) is 2.08. The van der Waals surface area contributed by atoms with Gasteiger partial charge < -0.3 is 0 Å². The van der Waals surface area contributed by atoms with Gasteiger partial charge in [-0.15, -0.1) is 0 Å². The van der Waals surface area contributed by atoms with Gasteiger partial charge in [0.05, 0.1) is 0 Å². The summed E-state index contributed by atoms with van der Waals surface area (Å²) in [5.74, 6) is 1.99. The molecule has 0 saturated heterocycles. The standard InChI is InChI=1S/C12H20O/c1-9-4-3-6-12(2)7-5-10(13)8-11(9)12/h9,11H,3-8H2,1-2H3/t9-,11+,12+/m1/s1. The molecule has 1 nitrogen and oxygen atoms in total. The number of Topliss-reactive ketones (excluding diaryl/α,β-unsaturated/α-hetero) is 1. The molecule has 0 aromatic heterocycles. The lowest BCUT2D eigenvalue weighted by molar-refractivity contribution is -0.127. The largest absolute Gasteiger partial charge is 0.300 e. The first-order valence-electron chi connectivity index (χ1n) is 5.63. The summed E-state index contributed by atoms with van der Waals surface area (Å²) in [6.45, 7) is 4.74. The molecule has 0 heterocycles. The van der Waals surface area contributed by atoms with Gasteiger partial charge in [-0.2, -0.15) is 0 Å². The predicted molar refractivity (Wildman–Crippen MR) is 53.5 cm³/mol. The molecule has 0 aliphatic heterocycles. The monoisotopic (exact) mass is 180 g/mol. The average molecular weight is 180 g/mol. The van der Waals surface area contributed by atoms with Crippen molar-refractivity contribution in [2.24, 2.45) is 17.3 Å². The van der Waals surface area contributed by atoms with E-state index in [9.17, 15) is 4.79 Å². The summed E-state index contributed by atoms with van der Waals surface area (Å²) in [5, 5.41) is 0. The van der Waals surface area contributed by atoms with Crippen LogP contribution in [0.3, 0.4) is 0 Å². The Kier molecular flexibility index (Phi) is 2.21. The highest BCUT2D eigenvalue weighted by Crippen LogP contribution is 2.51. The fourth-order valence-corrected chi connectivity index (χ4v) is 3.43. The summed E-state index contributed by atoms with van der Waals surface area (Å²) in [6.07, 6.45) is 6.95. The topological polar surface area (TPSA) is 17.1 Å². The van der Waals surface area contributed by atoms with Crippen molar-refractivity contribution >= 4 is 5.78 Å². The lowest BCUT2D eigenvalue weighted by Gasteiger charge is -2.48. The van der Waals surface area contributed by atoms with Crippen LogP contribution in [0.1, 0.15) is 52.4 Å². The third kappa shape index (κ3) is 1.53. The van der Waals surface area contributed by atoms with Crippen molar-refractivity contribution in [1.29, 1.82) is 0 Å². The second-order valence-corrected chi connectivity index (χ2v) is 5.37. The van der Waals surface area contributed by atoms with E-state index in [0.717, 1.165) is 25.2 Å². The van der Waals surface area contributed by atoms with Gasteiger partial charge >= 0.3 is 0 Å². The van der Waals surface area contributed by atoms with Gasteiger partial charge in [-0.3, -0.25) is 4.79 Å². The molecule has 0 aromatic rings. The highest BCUT2D eigenvalue weighted by Gasteiger charge is 2.43. The van der Waals surface area contributed by atoms with Crippen LogP contribution in [0.25, 0.3) is 0 Å². The van der Waals surface area contributed by atoms with Crippen LogP contribution < -0.4 is 0 Å². The molecule has 0 radical (unpaired) electrons. The van der Waals surface area contributed by atoms with E-state index >= 15 is 0 Å². The van der Waals surface area contributed by atoms with Crippen molar-refractivity contribution in [3.8, 4) is 0 Å². The SMILES string of the molecule is C[C@@H]1CCC[C@@]2(C)CCC(=O)C[C@@H]12. The van der Waals surface area contributed by atoms with Crippen LogP contribution in [-0.4, -0.2) is 5.78 Å². The van der Waals surface area contributed by atoms with E-state index in [-0.39, 0.29) is 0 Å². The number of hydrogen-bond donors (Lipinski definition) is 0. The molecule has 0 N–H and O–H groups in total. The molecule has 2 rings (SSSR count). The molecule has 3 atom stereocenters. The Bertz CT molecular complexity index is 221. The summed E-state index contributed by atoms with van der Waals surface area (Å²) >= 11 is 0. The predicted octanol–water partition coefficient (Wildman–Crippen LogP) is 3.18. The second kappa shape index (κ2) is 3.11. The lowest BCUT2D eigenvalue weighted by Crippen LogP contribution is -2.41. The summed E-state index contributed by atoms with van der Waals surface area (Å²) in [5.41, 5.74) is 0.506. The second-order valence-electron chi connectivity index (χ2n) is 5.37. The lowest BCUT2D eigenvalue weighted by atomic mass is 9.57. The van der Waals surface area contributed by atoms with Crippen molar-refractivity contribution in [1.82, 2.24) is 0 Å². The molecule has 74 valence electrons. The number of carbonyl (C=O) groups excluding carboxylic acids is 1. The molecule has 2 saturated carbocycles. The number of rotatable bonds is 0. The van der Waals surface area contributed by atoms with E-state index in [0.29, 0.717) is 17.1 Å². The Hall–Kier alpha value is -0.330. The fourth-order valence-electron chi connectivity index (χ4n) is 3.43. The van der Waals surface area contributed by atoms with Gasteiger partial charge in [-0.25, -0.2) is 0 Å². The van der Waals surface area contributed by atoms with Crippen LogP contribution in [0, 0.1) is 17.3 Å². The summed E-state index contributed by atoms with van der Waals surface area (Å²) in [6, 6.07) is 0. The normalized spacial score (nSPS) is 45.8. The Morgan fingerprint density at radius 3 is 2.92 bits per heavy atom. The van der Waals surface area contributed by atoms with Crippen LogP contribution in [0.15, 0.2) is 0 Å². The van der Waals surface area contributed by atoms with Gasteiger partial charge in [-0.05, 0) is 30.1 Å². The molecule has 13 heavy (non-hydrogen) atoms. The zero-order valence-electron chi connectivity index (χ0n) is 8.81. The minimum absolute atomic E-state index is 0.506. The molecule has 2 aliphatic carbocycles. The number of fused-ring (bicyclic) bond motifs is 1. The molecular formula is C12H20O. The van der Waals surface area contributed by atoms with Crippen LogP contribution in [0.4, 0.5) is 0 Å². The Morgan fingerprint density at radius 2 is 2.15 bits per heavy atom.